The number of rotatable bonds is 13. The number of hydrogen-bond donors (Lipinski definition) is 1. The molecule has 0 radical (unpaired) electrons. The second kappa shape index (κ2) is 14.4. The van der Waals surface area contributed by atoms with Crippen LogP contribution >= 0.6 is 0 Å². The summed E-state index contributed by atoms with van der Waals surface area (Å²) in [5, 5.41) is 3.07. The topological polar surface area (TPSA) is 86.3 Å². The van der Waals surface area contributed by atoms with E-state index in [1.165, 1.54) is 0 Å². The van der Waals surface area contributed by atoms with Gasteiger partial charge in [0.05, 0.1) is 33.9 Å². The molecule has 1 saturated heterocycles. The lowest BCUT2D eigenvalue weighted by molar-refractivity contribution is -0.141. The Kier molecular flexibility index (Phi) is 10.4. The van der Waals surface area contributed by atoms with E-state index in [2.05, 4.69) is 5.32 Å². The summed E-state index contributed by atoms with van der Waals surface area (Å²) in [7, 11) is 4.75. The Labute approximate surface area is 236 Å². The van der Waals surface area contributed by atoms with Gasteiger partial charge in [0.2, 0.25) is 11.8 Å². The van der Waals surface area contributed by atoms with Gasteiger partial charge in [-0.2, -0.15) is 0 Å². The Morgan fingerprint density at radius 2 is 1.62 bits per heavy atom. The fourth-order valence-electron chi connectivity index (χ4n) is 4.89. The van der Waals surface area contributed by atoms with Gasteiger partial charge in [0.15, 0.2) is 11.5 Å². The summed E-state index contributed by atoms with van der Waals surface area (Å²) in [6, 6.07) is 22.0. The first kappa shape index (κ1) is 29.0. The van der Waals surface area contributed by atoms with Crippen LogP contribution in [0.25, 0.3) is 0 Å². The number of carbonyl (C=O) groups is 2. The quantitative estimate of drug-likeness (QED) is 0.346. The molecule has 1 N–H and O–H groups in total. The van der Waals surface area contributed by atoms with Crippen LogP contribution in [0.3, 0.4) is 0 Å². The van der Waals surface area contributed by atoms with Gasteiger partial charge in [0.25, 0.3) is 0 Å². The monoisotopic (exact) mass is 546 g/mol. The molecular formula is C32H38N2O6. The maximum absolute atomic E-state index is 14.0. The minimum Gasteiger partial charge on any atom is -0.497 e. The molecule has 0 bridgehead atoms. The third-order valence-electron chi connectivity index (χ3n) is 7.11. The van der Waals surface area contributed by atoms with E-state index in [9.17, 15) is 9.59 Å². The number of amides is 2. The molecule has 0 saturated carbocycles. The molecule has 212 valence electrons. The molecule has 40 heavy (non-hydrogen) atoms. The van der Waals surface area contributed by atoms with E-state index in [4.69, 9.17) is 18.9 Å². The van der Waals surface area contributed by atoms with Crippen LogP contribution in [0.15, 0.2) is 72.8 Å². The van der Waals surface area contributed by atoms with Crippen molar-refractivity contribution in [2.24, 2.45) is 0 Å². The van der Waals surface area contributed by atoms with Crippen LogP contribution in [0.2, 0.25) is 0 Å². The number of ether oxygens (including phenoxy) is 4. The Morgan fingerprint density at radius 1 is 0.900 bits per heavy atom. The van der Waals surface area contributed by atoms with Gasteiger partial charge in [-0.3, -0.25) is 9.59 Å². The molecule has 4 rings (SSSR count). The Bertz CT molecular complexity index is 1240. The number of nitrogens with zero attached hydrogens (tertiary/aromatic N) is 1. The van der Waals surface area contributed by atoms with Crippen LogP contribution in [0.4, 0.5) is 0 Å². The van der Waals surface area contributed by atoms with E-state index in [-0.39, 0.29) is 30.9 Å². The first-order valence-corrected chi connectivity index (χ1v) is 13.6. The zero-order valence-electron chi connectivity index (χ0n) is 23.4. The fourth-order valence-corrected chi connectivity index (χ4v) is 4.89. The molecule has 0 unspecified atom stereocenters. The molecule has 1 fully saturated rings. The molecule has 1 aliphatic heterocycles. The van der Waals surface area contributed by atoms with Gasteiger partial charge in [0.1, 0.15) is 11.8 Å². The summed E-state index contributed by atoms with van der Waals surface area (Å²) in [4.78, 5) is 29.5. The molecule has 8 heteroatoms. The van der Waals surface area contributed by atoms with Crippen molar-refractivity contribution in [3.05, 3.63) is 89.5 Å². The van der Waals surface area contributed by atoms with Crippen molar-refractivity contribution in [2.75, 3.05) is 34.5 Å². The molecule has 0 spiro atoms. The van der Waals surface area contributed by atoms with Crippen LogP contribution in [-0.2, 0) is 33.7 Å². The van der Waals surface area contributed by atoms with Crippen LogP contribution in [0, 0.1) is 0 Å². The molecule has 8 nitrogen and oxygen atoms in total. The Morgan fingerprint density at radius 3 is 2.27 bits per heavy atom. The van der Waals surface area contributed by atoms with E-state index in [1.807, 2.05) is 60.7 Å². The Balaban J connectivity index is 1.64. The summed E-state index contributed by atoms with van der Waals surface area (Å²) >= 11 is 0. The number of nitrogens with one attached hydrogen (secondary N) is 1. The van der Waals surface area contributed by atoms with Crippen LogP contribution < -0.4 is 19.5 Å². The van der Waals surface area contributed by atoms with E-state index in [0.717, 1.165) is 35.3 Å². The molecule has 2 amide bonds. The van der Waals surface area contributed by atoms with E-state index in [1.54, 1.807) is 38.4 Å². The van der Waals surface area contributed by atoms with Gasteiger partial charge >= 0.3 is 0 Å². The third-order valence-corrected chi connectivity index (χ3v) is 7.11. The number of carbonyl (C=O) groups excluding carboxylic acids is 2. The molecule has 0 aromatic heterocycles. The smallest absolute Gasteiger partial charge is 0.243 e. The van der Waals surface area contributed by atoms with Crippen molar-refractivity contribution in [1.82, 2.24) is 10.2 Å². The maximum atomic E-state index is 14.0. The minimum atomic E-state index is -0.724. The molecule has 0 aliphatic carbocycles. The van der Waals surface area contributed by atoms with Gasteiger partial charge in [-0.25, -0.2) is 0 Å². The number of benzene rings is 3. The van der Waals surface area contributed by atoms with Crippen LogP contribution in [0.1, 0.15) is 29.5 Å². The summed E-state index contributed by atoms with van der Waals surface area (Å²) in [6.45, 7) is 1.40. The van der Waals surface area contributed by atoms with E-state index >= 15 is 0 Å². The second-order valence-corrected chi connectivity index (χ2v) is 9.82. The van der Waals surface area contributed by atoms with Gasteiger partial charge in [0, 0.05) is 26.1 Å². The maximum Gasteiger partial charge on any atom is 0.243 e. The summed E-state index contributed by atoms with van der Waals surface area (Å²) in [5.74, 6) is 1.49. The predicted molar refractivity (Wildman–Crippen MR) is 153 cm³/mol. The molecular weight excluding hydrogens is 508 g/mol. The lowest BCUT2D eigenvalue weighted by atomic mass is 10.0. The van der Waals surface area contributed by atoms with E-state index in [0.29, 0.717) is 31.1 Å². The molecule has 2 atom stereocenters. The average Bonchev–Trinajstić information content (AvgIpc) is 3.52. The van der Waals surface area contributed by atoms with Crippen LogP contribution in [0.5, 0.6) is 17.2 Å². The fraction of sp³-hybridized carbons (Fsp3) is 0.375. The molecule has 1 aliphatic rings. The molecule has 1 heterocycles. The van der Waals surface area contributed by atoms with Gasteiger partial charge in [-0.1, -0.05) is 48.5 Å². The largest absolute Gasteiger partial charge is 0.497 e. The van der Waals surface area contributed by atoms with E-state index < -0.39 is 6.04 Å². The number of hydrogen-bond acceptors (Lipinski definition) is 6. The van der Waals surface area contributed by atoms with Crippen LogP contribution in [-0.4, -0.2) is 63.3 Å². The predicted octanol–water partition coefficient (Wildman–Crippen LogP) is 4.19. The average molecular weight is 547 g/mol. The van der Waals surface area contributed by atoms with Crippen molar-refractivity contribution < 1.29 is 28.5 Å². The molecule has 3 aromatic carbocycles. The highest BCUT2D eigenvalue weighted by molar-refractivity contribution is 5.89. The second-order valence-electron chi connectivity index (χ2n) is 9.82. The van der Waals surface area contributed by atoms with Gasteiger partial charge in [-0.05, 0) is 53.8 Å². The molecule has 3 aromatic rings. The van der Waals surface area contributed by atoms with Crippen molar-refractivity contribution >= 4 is 11.8 Å². The minimum absolute atomic E-state index is 0.00108. The SMILES string of the molecule is COc1ccc(CN(C(=O)Cc2ccc(OC)c(OC)c2)[C@@H](Cc2ccccc2)C(=O)NC[C@H]2CCCO2)cc1. The zero-order chi connectivity index (χ0) is 28.3. The lowest BCUT2D eigenvalue weighted by Crippen LogP contribution is -2.52. The van der Waals surface area contributed by atoms with Gasteiger partial charge < -0.3 is 29.2 Å². The first-order valence-electron chi connectivity index (χ1n) is 13.6. The highest BCUT2D eigenvalue weighted by Gasteiger charge is 2.31. The summed E-state index contributed by atoms with van der Waals surface area (Å²) < 4.78 is 21.8. The van der Waals surface area contributed by atoms with Crippen molar-refractivity contribution in [1.29, 1.82) is 0 Å². The zero-order valence-corrected chi connectivity index (χ0v) is 23.4. The third kappa shape index (κ3) is 7.76. The number of methoxy groups -OCH3 is 3. The Hall–Kier alpha value is -4.04. The summed E-state index contributed by atoms with van der Waals surface area (Å²) in [6.07, 6.45) is 2.38. The van der Waals surface area contributed by atoms with Crippen molar-refractivity contribution in [2.45, 2.75) is 44.4 Å². The van der Waals surface area contributed by atoms with Crippen molar-refractivity contribution in [3.63, 3.8) is 0 Å². The first-order chi connectivity index (χ1) is 19.5. The highest BCUT2D eigenvalue weighted by atomic mass is 16.5. The van der Waals surface area contributed by atoms with Gasteiger partial charge in [-0.15, -0.1) is 0 Å². The highest BCUT2D eigenvalue weighted by Crippen LogP contribution is 2.28. The standard InChI is InChI=1S/C32H38N2O6/c1-37-26-14-11-24(12-15-26)22-34(31(35)20-25-13-16-29(38-2)30(19-25)39-3)28(18-23-8-5-4-6-9-23)32(36)33-21-27-10-7-17-40-27/h4-6,8-9,11-16,19,27-28H,7,10,17-18,20-22H2,1-3H3,(H,33,36)/t27-,28+/m1/s1. The lowest BCUT2D eigenvalue weighted by Gasteiger charge is -2.32. The normalized spacial score (nSPS) is 15.2. The van der Waals surface area contributed by atoms with Crippen molar-refractivity contribution in [3.8, 4) is 17.2 Å². The summed E-state index contributed by atoms with van der Waals surface area (Å²) in [5.41, 5.74) is 2.63.